The molecular weight excluding hydrogens is 455 g/mol. The monoisotopic (exact) mass is 474 g/mol. The Hall–Kier alpha value is -3.84. The minimum absolute atomic E-state index is 0.0636. The number of nitrogens with one attached hydrogen (secondary N) is 2. The zero-order valence-electron chi connectivity index (χ0n) is 17.5. The highest BCUT2D eigenvalue weighted by Gasteiger charge is 2.33. The van der Waals surface area contributed by atoms with Crippen LogP contribution in [0.3, 0.4) is 0 Å². The Morgan fingerprint density at radius 3 is 2.79 bits per heavy atom. The lowest BCUT2D eigenvalue weighted by Gasteiger charge is -2.34. The number of hydrogen-bond donors (Lipinski definition) is 2. The van der Waals surface area contributed by atoms with E-state index in [0.29, 0.717) is 17.1 Å². The van der Waals surface area contributed by atoms with Gasteiger partial charge in [0.25, 0.3) is 10.2 Å². The molecule has 11 nitrogen and oxygen atoms in total. The number of amides is 1. The molecule has 0 fully saturated rings. The van der Waals surface area contributed by atoms with E-state index in [4.69, 9.17) is 9.47 Å². The van der Waals surface area contributed by atoms with Crippen molar-refractivity contribution in [1.29, 1.82) is 0 Å². The number of fused-ring (bicyclic) bond motifs is 1. The predicted octanol–water partition coefficient (Wildman–Crippen LogP) is 2.75. The Morgan fingerprint density at radius 1 is 1.24 bits per heavy atom. The van der Waals surface area contributed by atoms with Crippen LogP contribution in [-0.2, 0) is 16.8 Å². The molecule has 0 radical (unpaired) electrons. The second-order valence-electron chi connectivity index (χ2n) is 6.98. The Bertz CT molecular complexity index is 1290. The quantitative estimate of drug-likeness (QED) is 0.534. The first kappa shape index (κ1) is 22.4. The lowest BCUT2D eigenvalue weighted by Crippen LogP contribution is -2.39. The van der Waals surface area contributed by atoms with E-state index in [1.807, 2.05) is 9.44 Å². The molecule has 2 aromatic heterocycles. The molecule has 0 aliphatic carbocycles. The maximum Gasteiger partial charge on any atom is 0.416 e. The summed E-state index contributed by atoms with van der Waals surface area (Å²) >= 11 is 0. The number of halogens is 1. The van der Waals surface area contributed by atoms with Crippen LogP contribution >= 0.6 is 0 Å². The molecule has 3 aromatic rings. The lowest BCUT2D eigenvalue weighted by atomic mass is 10.0. The second-order valence-corrected chi connectivity index (χ2v) is 8.60. The SMILES string of the molecule is CNS(=O)(=O)Nc1nccc(CN2C(=O)Oc3cc(Oc4cccnn4)ccc3[C@@H]2C)c1F. The Labute approximate surface area is 188 Å². The summed E-state index contributed by atoms with van der Waals surface area (Å²) < 4.78 is 53.3. The first-order valence-electron chi connectivity index (χ1n) is 9.70. The highest BCUT2D eigenvalue weighted by Crippen LogP contribution is 2.38. The van der Waals surface area contributed by atoms with Crippen molar-refractivity contribution in [2.75, 3.05) is 11.8 Å². The second kappa shape index (κ2) is 8.96. The zero-order valence-corrected chi connectivity index (χ0v) is 18.3. The van der Waals surface area contributed by atoms with Crippen LogP contribution in [0.5, 0.6) is 17.4 Å². The van der Waals surface area contributed by atoms with Gasteiger partial charge in [0.05, 0.1) is 12.6 Å². The van der Waals surface area contributed by atoms with Crippen molar-refractivity contribution in [2.45, 2.75) is 19.5 Å². The summed E-state index contributed by atoms with van der Waals surface area (Å²) in [5, 5.41) is 7.58. The summed E-state index contributed by atoms with van der Waals surface area (Å²) in [5.74, 6) is -0.375. The summed E-state index contributed by atoms with van der Waals surface area (Å²) in [4.78, 5) is 17.7. The van der Waals surface area contributed by atoms with Crippen molar-refractivity contribution in [1.82, 2.24) is 24.8 Å². The molecule has 1 aliphatic heterocycles. The minimum atomic E-state index is -3.96. The molecule has 1 amide bonds. The van der Waals surface area contributed by atoms with Crippen LogP contribution in [-0.4, -0.2) is 41.6 Å². The van der Waals surface area contributed by atoms with E-state index >= 15 is 0 Å². The molecule has 13 heteroatoms. The molecule has 1 aromatic carbocycles. The summed E-state index contributed by atoms with van der Waals surface area (Å²) in [6, 6.07) is 9.20. The third-order valence-electron chi connectivity index (χ3n) is 4.91. The number of nitrogens with zero attached hydrogens (tertiary/aromatic N) is 4. The maximum absolute atomic E-state index is 14.9. The van der Waals surface area contributed by atoms with Crippen LogP contribution in [0.15, 0.2) is 48.8 Å². The summed E-state index contributed by atoms with van der Waals surface area (Å²) in [6.45, 7) is 1.60. The smallest absolute Gasteiger partial charge is 0.416 e. The van der Waals surface area contributed by atoms with Gasteiger partial charge in [-0.3, -0.25) is 9.62 Å². The molecule has 0 saturated carbocycles. The summed E-state index contributed by atoms with van der Waals surface area (Å²) in [7, 11) is -2.78. The van der Waals surface area contributed by atoms with Gasteiger partial charge in [0, 0.05) is 42.7 Å². The molecule has 1 atom stereocenters. The Morgan fingerprint density at radius 2 is 2.06 bits per heavy atom. The number of hydrogen-bond acceptors (Lipinski definition) is 8. The third kappa shape index (κ3) is 4.83. The summed E-state index contributed by atoms with van der Waals surface area (Å²) in [5.41, 5.74) is 0.750. The molecule has 4 rings (SSSR count). The fourth-order valence-corrected chi connectivity index (χ4v) is 3.69. The van der Waals surface area contributed by atoms with Crippen LogP contribution in [0.4, 0.5) is 15.0 Å². The largest absolute Gasteiger partial charge is 0.437 e. The Balaban J connectivity index is 1.55. The third-order valence-corrected chi connectivity index (χ3v) is 5.91. The topological polar surface area (TPSA) is 136 Å². The van der Waals surface area contributed by atoms with Gasteiger partial charge >= 0.3 is 6.09 Å². The number of carbonyl (C=O) groups is 1. The molecule has 3 heterocycles. The van der Waals surface area contributed by atoms with Crippen molar-refractivity contribution in [3.63, 3.8) is 0 Å². The van der Waals surface area contributed by atoms with Gasteiger partial charge in [-0.2, -0.15) is 13.5 Å². The van der Waals surface area contributed by atoms with Crippen molar-refractivity contribution in [2.24, 2.45) is 0 Å². The van der Waals surface area contributed by atoms with Gasteiger partial charge in [0.1, 0.15) is 11.5 Å². The van der Waals surface area contributed by atoms with Gasteiger partial charge in [-0.15, -0.1) is 5.10 Å². The number of rotatable bonds is 7. The molecule has 1 aliphatic rings. The minimum Gasteiger partial charge on any atom is -0.437 e. The average Bonchev–Trinajstić information content (AvgIpc) is 2.79. The average molecular weight is 474 g/mol. The van der Waals surface area contributed by atoms with Crippen LogP contribution < -0.4 is 18.9 Å². The van der Waals surface area contributed by atoms with Crippen molar-refractivity contribution in [3.8, 4) is 17.4 Å². The normalized spacial score (nSPS) is 15.5. The fourth-order valence-electron chi connectivity index (χ4n) is 3.19. The van der Waals surface area contributed by atoms with Crippen molar-refractivity contribution >= 4 is 22.1 Å². The molecule has 2 N–H and O–H groups in total. The first-order valence-corrected chi connectivity index (χ1v) is 11.2. The number of carbonyl (C=O) groups excluding carboxylic acids is 1. The van der Waals surface area contributed by atoms with E-state index in [9.17, 15) is 17.6 Å². The highest BCUT2D eigenvalue weighted by molar-refractivity contribution is 7.90. The Kier molecular flexibility index (Phi) is 6.07. The zero-order chi connectivity index (χ0) is 23.6. The number of ether oxygens (including phenoxy) is 2. The highest BCUT2D eigenvalue weighted by atomic mass is 32.2. The van der Waals surface area contributed by atoms with Gasteiger partial charge in [-0.25, -0.2) is 18.9 Å². The summed E-state index contributed by atoms with van der Waals surface area (Å²) in [6.07, 6.45) is 2.07. The van der Waals surface area contributed by atoms with Gasteiger partial charge < -0.3 is 9.47 Å². The van der Waals surface area contributed by atoms with Crippen LogP contribution in [0.1, 0.15) is 24.1 Å². The van der Waals surface area contributed by atoms with E-state index in [1.165, 1.54) is 30.4 Å². The molecule has 33 heavy (non-hydrogen) atoms. The molecule has 0 unspecified atom stereocenters. The van der Waals surface area contributed by atoms with Gasteiger partial charge in [0.15, 0.2) is 11.6 Å². The van der Waals surface area contributed by atoms with Gasteiger partial charge in [-0.1, -0.05) is 0 Å². The van der Waals surface area contributed by atoms with Gasteiger partial charge in [0.2, 0.25) is 5.88 Å². The number of pyridine rings is 1. The van der Waals surface area contributed by atoms with Crippen molar-refractivity contribution in [3.05, 3.63) is 65.7 Å². The van der Waals surface area contributed by atoms with Crippen LogP contribution in [0.2, 0.25) is 0 Å². The number of anilines is 1. The maximum atomic E-state index is 14.9. The lowest BCUT2D eigenvalue weighted by molar-refractivity contribution is 0.116. The molecule has 0 saturated heterocycles. The molecule has 0 bridgehead atoms. The standard InChI is InChI=1S/C20H19FN6O5S/c1-12-15-6-5-14(31-17-4-3-8-24-25-17)10-16(15)32-20(28)27(12)11-13-7-9-23-19(18(13)21)26-33(29,30)22-2/h3-10,12,22H,11H2,1-2H3,(H,23,26)/t12-/m0/s1. The van der Waals surface area contributed by atoms with Crippen LogP contribution in [0.25, 0.3) is 0 Å². The van der Waals surface area contributed by atoms with E-state index in [-0.39, 0.29) is 18.0 Å². The van der Waals surface area contributed by atoms with Gasteiger partial charge in [-0.05, 0) is 31.2 Å². The van der Waals surface area contributed by atoms with E-state index in [2.05, 4.69) is 15.2 Å². The predicted molar refractivity (Wildman–Crippen MR) is 114 cm³/mol. The molecular formula is C20H19FN6O5S. The van der Waals surface area contributed by atoms with Crippen molar-refractivity contribution < 1.29 is 27.1 Å². The number of benzene rings is 1. The van der Waals surface area contributed by atoms with Crippen LogP contribution in [0, 0.1) is 5.82 Å². The fraction of sp³-hybridized carbons (Fsp3) is 0.200. The number of aromatic nitrogens is 3. The first-order chi connectivity index (χ1) is 15.8. The van der Waals surface area contributed by atoms with E-state index < -0.39 is 34.0 Å². The van der Waals surface area contributed by atoms with E-state index in [1.54, 1.807) is 37.3 Å². The molecule has 172 valence electrons. The molecule has 0 spiro atoms. The van der Waals surface area contributed by atoms with E-state index in [0.717, 1.165) is 0 Å².